The van der Waals surface area contributed by atoms with Gasteiger partial charge in [-0.25, -0.2) is 0 Å². The SMILES string of the molecule is CCc1cccc(CC)c1NC(=O)C1CC1C(=O)Nc1cccc(C(C)=O)c1. The highest BCUT2D eigenvalue weighted by Crippen LogP contribution is 2.40. The molecular weight excluding hydrogens is 352 g/mol. The van der Waals surface area contributed by atoms with Crippen LogP contribution in [0.15, 0.2) is 42.5 Å². The van der Waals surface area contributed by atoms with Gasteiger partial charge in [-0.05, 0) is 49.4 Å². The Labute approximate surface area is 165 Å². The summed E-state index contributed by atoms with van der Waals surface area (Å²) in [4.78, 5) is 36.7. The minimum atomic E-state index is -0.333. The van der Waals surface area contributed by atoms with Crippen molar-refractivity contribution in [2.45, 2.75) is 40.0 Å². The zero-order valence-electron chi connectivity index (χ0n) is 16.5. The quantitative estimate of drug-likeness (QED) is 0.708. The molecule has 2 N–H and O–H groups in total. The van der Waals surface area contributed by atoms with E-state index in [2.05, 4.69) is 24.5 Å². The fourth-order valence-electron chi connectivity index (χ4n) is 3.44. The van der Waals surface area contributed by atoms with Crippen LogP contribution in [0.3, 0.4) is 0 Å². The molecule has 146 valence electrons. The number of hydrogen-bond donors (Lipinski definition) is 2. The summed E-state index contributed by atoms with van der Waals surface area (Å²) in [6.45, 7) is 5.61. The average Bonchev–Trinajstić information content (AvgIpc) is 3.49. The number of hydrogen-bond acceptors (Lipinski definition) is 3. The summed E-state index contributed by atoms with van der Waals surface area (Å²) < 4.78 is 0. The molecule has 5 nitrogen and oxygen atoms in total. The fourth-order valence-corrected chi connectivity index (χ4v) is 3.44. The highest BCUT2D eigenvalue weighted by atomic mass is 16.2. The third kappa shape index (κ3) is 4.30. The minimum absolute atomic E-state index is 0.0545. The normalized spacial score (nSPS) is 17.7. The van der Waals surface area contributed by atoms with Gasteiger partial charge in [0.25, 0.3) is 0 Å². The average molecular weight is 378 g/mol. The van der Waals surface area contributed by atoms with E-state index < -0.39 is 0 Å². The largest absolute Gasteiger partial charge is 0.326 e. The minimum Gasteiger partial charge on any atom is -0.326 e. The zero-order valence-corrected chi connectivity index (χ0v) is 16.5. The van der Waals surface area contributed by atoms with Gasteiger partial charge < -0.3 is 10.6 Å². The molecule has 0 saturated heterocycles. The van der Waals surface area contributed by atoms with Crippen LogP contribution in [0.5, 0.6) is 0 Å². The lowest BCUT2D eigenvalue weighted by Gasteiger charge is -2.14. The molecule has 2 aromatic rings. The molecule has 1 saturated carbocycles. The van der Waals surface area contributed by atoms with Gasteiger partial charge in [-0.2, -0.15) is 0 Å². The summed E-state index contributed by atoms with van der Waals surface area (Å²) >= 11 is 0. The Hall–Kier alpha value is -2.95. The van der Waals surface area contributed by atoms with Crippen molar-refractivity contribution in [3.63, 3.8) is 0 Å². The number of aryl methyl sites for hydroxylation is 2. The Morgan fingerprint density at radius 3 is 2.04 bits per heavy atom. The van der Waals surface area contributed by atoms with Crippen molar-refractivity contribution in [1.82, 2.24) is 0 Å². The predicted molar refractivity (Wildman–Crippen MR) is 111 cm³/mol. The molecule has 5 heteroatoms. The lowest BCUT2D eigenvalue weighted by Crippen LogP contribution is -2.21. The van der Waals surface area contributed by atoms with Crippen LogP contribution in [0.2, 0.25) is 0 Å². The van der Waals surface area contributed by atoms with E-state index in [1.165, 1.54) is 6.92 Å². The summed E-state index contributed by atoms with van der Waals surface area (Å²) in [5.74, 6) is -0.986. The Balaban J connectivity index is 1.64. The Morgan fingerprint density at radius 2 is 1.46 bits per heavy atom. The van der Waals surface area contributed by atoms with Crippen molar-refractivity contribution in [1.29, 1.82) is 0 Å². The standard InChI is InChI=1S/C23H26N2O3/c1-4-15-8-6-9-16(5-2)21(15)25-23(28)20-13-19(20)22(27)24-18-11-7-10-17(12-18)14(3)26/h6-12,19-20H,4-5,13H2,1-3H3,(H,24,27)(H,25,28). The Bertz CT molecular complexity index is 898. The summed E-state index contributed by atoms with van der Waals surface area (Å²) in [6, 6.07) is 12.9. The van der Waals surface area contributed by atoms with Crippen LogP contribution in [-0.2, 0) is 22.4 Å². The van der Waals surface area contributed by atoms with Crippen molar-refractivity contribution in [2.75, 3.05) is 10.6 Å². The number of amides is 2. The number of anilines is 2. The van der Waals surface area contributed by atoms with Gasteiger partial charge in [0.05, 0.1) is 11.8 Å². The van der Waals surface area contributed by atoms with E-state index in [9.17, 15) is 14.4 Å². The number of nitrogens with one attached hydrogen (secondary N) is 2. The molecular formula is C23H26N2O3. The number of para-hydroxylation sites is 1. The van der Waals surface area contributed by atoms with Crippen LogP contribution in [0.1, 0.15) is 48.7 Å². The molecule has 1 fully saturated rings. The van der Waals surface area contributed by atoms with E-state index in [0.29, 0.717) is 17.7 Å². The molecule has 2 amide bonds. The lowest BCUT2D eigenvalue weighted by molar-refractivity contribution is -0.122. The second-order valence-electron chi connectivity index (χ2n) is 7.22. The van der Waals surface area contributed by atoms with Gasteiger partial charge >= 0.3 is 0 Å². The third-order valence-electron chi connectivity index (χ3n) is 5.25. The first-order valence-corrected chi connectivity index (χ1v) is 9.78. The predicted octanol–water partition coefficient (Wildman–Crippen LogP) is 4.23. The van der Waals surface area contributed by atoms with Crippen LogP contribution in [0.4, 0.5) is 11.4 Å². The third-order valence-corrected chi connectivity index (χ3v) is 5.25. The monoisotopic (exact) mass is 378 g/mol. The van der Waals surface area contributed by atoms with Crippen molar-refractivity contribution in [2.24, 2.45) is 11.8 Å². The first-order chi connectivity index (χ1) is 13.4. The van der Waals surface area contributed by atoms with Crippen LogP contribution < -0.4 is 10.6 Å². The van der Waals surface area contributed by atoms with Gasteiger partial charge in [-0.3, -0.25) is 14.4 Å². The van der Waals surface area contributed by atoms with E-state index in [0.717, 1.165) is 29.7 Å². The summed E-state index contributed by atoms with van der Waals surface area (Å²) in [6.07, 6.45) is 2.22. The molecule has 0 heterocycles. The maximum atomic E-state index is 12.7. The van der Waals surface area contributed by atoms with E-state index in [4.69, 9.17) is 0 Å². The first-order valence-electron chi connectivity index (χ1n) is 9.78. The Kier molecular flexibility index (Phi) is 5.93. The Morgan fingerprint density at radius 1 is 0.893 bits per heavy atom. The smallest absolute Gasteiger partial charge is 0.228 e. The topological polar surface area (TPSA) is 75.3 Å². The van der Waals surface area contributed by atoms with Gasteiger partial charge in [0.2, 0.25) is 11.8 Å². The molecule has 28 heavy (non-hydrogen) atoms. The number of carbonyl (C=O) groups excluding carboxylic acids is 3. The van der Waals surface area contributed by atoms with E-state index >= 15 is 0 Å². The highest BCUT2D eigenvalue weighted by molar-refractivity contribution is 6.04. The van der Waals surface area contributed by atoms with Crippen molar-refractivity contribution in [3.8, 4) is 0 Å². The molecule has 0 aliphatic heterocycles. The molecule has 2 atom stereocenters. The molecule has 1 aliphatic rings. The van der Waals surface area contributed by atoms with Gasteiger partial charge in [-0.15, -0.1) is 0 Å². The number of benzene rings is 2. The van der Waals surface area contributed by atoms with E-state index in [-0.39, 0.29) is 29.4 Å². The van der Waals surface area contributed by atoms with Crippen LogP contribution in [-0.4, -0.2) is 17.6 Å². The second kappa shape index (κ2) is 8.38. The number of ketones is 1. The van der Waals surface area contributed by atoms with Gasteiger partial charge in [-0.1, -0.05) is 44.2 Å². The van der Waals surface area contributed by atoms with Gasteiger partial charge in [0.15, 0.2) is 5.78 Å². The first kappa shape index (κ1) is 19.8. The molecule has 2 aromatic carbocycles. The van der Waals surface area contributed by atoms with Crippen molar-refractivity contribution < 1.29 is 14.4 Å². The van der Waals surface area contributed by atoms with Crippen molar-refractivity contribution in [3.05, 3.63) is 59.2 Å². The molecule has 1 aliphatic carbocycles. The number of carbonyl (C=O) groups is 3. The molecule has 0 radical (unpaired) electrons. The summed E-state index contributed by atoms with van der Waals surface area (Å²) in [7, 11) is 0. The van der Waals surface area contributed by atoms with Crippen molar-refractivity contribution >= 4 is 29.0 Å². The summed E-state index contributed by atoms with van der Waals surface area (Å²) in [5.41, 5.74) is 4.23. The lowest BCUT2D eigenvalue weighted by atomic mass is 10.0. The zero-order chi connectivity index (χ0) is 20.3. The molecule has 0 bridgehead atoms. The molecule has 0 aromatic heterocycles. The van der Waals surface area contributed by atoms with Crippen LogP contribution in [0, 0.1) is 11.8 Å². The van der Waals surface area contributed by atoms with E-state index in [1.54, 1.807) is 24.3 Å². The number of rotatable bonds is 7. The summed E-state index contributed by atoms with van der Waals surface area (Å²) in [5, 5.41) is 5.87. The van der Waals surface area contributed by atoms with Crippen LogP contribution >= 0.6 is 0 Å². The fraction of sp³-hybridized carbons (Fsp3) is 0.348. The van der Waals surface area contributed by atoms with Crippen LogP contribution in [0.25, 0.3) is 0 Å². The second-order valence-corrected chi connectivity index (χ2v) is 7.22. The molecule has 3 rings (SSSR count). The van der Waals surface area contributed by atoms with Gasteiger partial charge in [0, 0.05) is 16.9 Å². The highest BCUT2D eigenvalue weighted by Gasteiger charge is 2.48. The maximum Gasteiger partial charge on any atom is 0.228 e. The van der Waals surface area contributed by atoms with Gasteiger partial charge in [0.1, 0.15) is 0 Å². The molecule has 2 unspecified atom stereocenters. The maximum absolute atomic E-state index is 12.7. The molecule has 0 spiro atoms. The van der Waals surface area contributed by atoms with E-state index in [1.807, 2.05) is 18.2 Å². The number of Topliss-reactive ketones (excluding diaryl/α,β-unsaturated/α-hetero) is 1.